The van der Waals surface area contributed by atoms with Gasteiger partial charge in [-0.25, -0.2) is 28.0 Å². The van der Waals surface area contributed by atoms with Crippen molar-refractivity contribution in [1.82, 2.24) is 26.6 Å². The maximum atomic E-state index is 12.2. The van der Waals surface area contributed by atoms with Crippen molar-refractivity contribution in [3.8, 4) is 0 Å². The number of ether oxygens (including phenoxy) is 6. The van der Waals surface area contributed by atoms with Gasteiger partial charge < -0.3 is 70.6 Å². The van der Waals surface area contributed by atoms with Gasteiger partial charge in [0.2, 0.25) is 11.8 Å². The molecule has 0 unspecified atom stereocenters. The fourth-order valence-corrected chi connectivity index (χ4v) is 4.82. The number of quaternary nitrogens is 1. The van der Waals surface area contributed by atoms with Crippen LogP contribution in [0.25, 0.3) is 20.9 Å². The van der Waals surface area contributed by atoms with E-state index in [1.165, 1.54) is 20.8 Å². The van der Waals surface area contributed by atoms with Crippen LogP contribution in [0.4, 0.5) is 23.2 Å². The van der Waals surface area contributed by atoms with Crippen LogP contribution in [0.5, 0.6) is 0 Å². The van der Waals surface area contributed by atoms with Crippen LogP contribution in [0.3, 0.4) is 0 Å². The van der Waals surface area contributed by atoms with Gasteiger partial charge in [-0.05, 0) is 47.9 Å². The number of azide groups is 2. The minimum absolute atomic E-state index is 0.175. The van der Waals surface area contributed by atoms with Crippen molar-refractivity contribution in [3.63, 3.8) is 0 Å². The molecule has 0 saturated carbocycles. The fraction of sp³-hybridized carbons (Fsp3) is 0.512. The van der Waals surface area contributed by atoms with E-state index in [2.05, 4.69) is 61.8 Å². The highest BCUT2D eigenvalue weighted by molar-refractivity contribution is 5.95. The van der Waals surface area contributed by atoms with Gasteiger partial charge >= 0.3 is 36.2 Å². The Morgan fingerprint density at radius 3 is 1.63 bits per heavy atom. The molecule has 2 aromatic carbocycles. The zero-order valence-corrected chi connectivity index (χ0v) is 40.5. The van der Waals surface area contributed by atoms with E-state index in [0.29, 0.717) is 58.5 Å². The third-order valence-corrected chi connectivity index (χ3v) is 7.86. The van der Waals surface area contributed by atoms with E-state index >= 15 is 0 Å². The van der Waals surface area contributed by atoms with Crippen LogP contribution in [0.1, 0.15) is 57.6 Å². The maximum absolute atomic E-state index is 12.2. The summed E-state index contributed by atoms with van der Waals surface area (Å²) in [7, 11) is 0. The molecule has 1 heterocycles. The number of carbonyl (C=O) groups excluding carboxylic acids is 9. The molecule has 0 bridgehead atoms. The number of nitrogens with one attached hydrogen (secondary N) is 5. The van der Waals surface area contributed by atoms with E-state index in [4.69, 9.17) is 39.9 Å². The number of benzene rings is 2. The second-order valence-electron chi connectivity index (χ2n) is 13.9. The van der Waals surface area contributed by atoms with Crippen molar-refractivity contribution in [2.75, 3.05) is 65.7 Å². The number of hydrogen-bond acceptors (Lipinski definition) is 18. The third-order valence-electron chi connectivity index (χ3n) is 7.86. The Morgan fingerprint density at radius 1 is 0.753 bits per heavy atom. The zero-order chi connectivity index (χ0) is 55.1. The van der Waals surface area contributed by atoms with E-state index in [-0.39, 0.29) is 51.3 Å². The lowest BCUT2D eigenvalue weighted by molar-refractivity contribution is -0.374. The van der Waals surface area contributed by atoms with E-state index in [1.54, 1.807) is 0 Å². The summed E-state index contributed by atoms with van der Waals surface area (Å²) in [6.07, 6.45) is -3.37. The fourth-order valence-electron chi connectivity index (χ4n) is 4.82. The van der Waals surface area contributed by atoms with Crippen molar-refractivity contribution < 1.29 is 91.2 Å². The molecule has 30 heteroatoms. The highest BCUT2D eigenvalue weighted by atomic mass is 19.3. The normalized spacial score (nSPS) is 12.0. The molecule has 2 atom stereocenters. The molecule has 0 aliphatic carbocycles. The van der Waals surface area contributed by atoms with Crippen molar-refractivity contribution in [2.45, 2.75) is 78.2 Å². The molecular formula is C43H62F2N12O16. The standard InChI is InChI=1S/C19H28N6O5.C14H16N2O5.C4H10N4O.C4H6O3.C2H2F2O2/c1-15(26)24-17(18(27)21-10-12-29-13-11-23-25-20)8-5-9-22-19(28)30-14-16-6-3-2-4-7-16;17-12-11(16-14(19)21-12)7-4-8-15-13(18)20-9-10-5-2-1-3-6-10;5-1-3-9-4-2-7-8-6;1-3(5)7-4(2)6;3-1(4)2(5)6/h2-4,6-7,17H,5,8-14H2,1H3,(H,21,27)(H,22,28)(H,24,26);1-3,5-6,11H,4,7-9H2,(H,15,18)(H,16,19);1-5H2;1-2H3;1H,(H,5,6)/t17-;11-;;;/m00.../s1. The van der Waals surface area contributed by atoms with E-state index in [1.807, 2.05) is 60.7 Å². The third kappa shape index (κ3) is 43.6. The predicted molar refractivity (Wildman–Crippen MR) is 248 cm³/mol. The van der Waals surface area contributed by atoms with Crippen LogP contribution in [0, 0.1) is 0 Å². The van der Waals surface area contributed by atoms with Crippen LogP contribution in [-0.4, -0.2) is 138 Å². The second-order valence-corrected chi connectivity index (χ2v) is 13.9. The summed E-state index contributed by atoms with van der Waals surface area (Å²) in [4.78, 5) is 102. The number of alkyl halides is 2. The quantitative estimate of drug-likeness (QED) is 0.0148. The first-order chi connectivity index (χ1) is 34.9. The van der Waals surface area contributed by atoms with Gasteiger partial charge in [-0.3, -0.25) is 19.2 Å². The highest BCUT2D eigenvalue weighted by Crippen LogP contribution is 2.07. The average molecular weight is 1040 g/mol. The molecule has 73 heavy (non-hydrogen) atoms. The van der Waals surface area contributed by atoms with Crippen LogP contribution in [-0.2, 0) is 70.4 Å². The molecule has 0 spiro atoms. The molecule has 3 rings (SSSR count). The molecule has 1 fully saturated rings. The SMILES string of the molecule is CC(=O)N[C@@H](CCCNC(=O)OCc1ccccc1)C(=O)NCCOCCN=[N+]=[N-].CC(=O)OC(C)=O.O=C(NCCC[C@@H]1NC(=O)OC1=O)OCc1ccccc1.O=C([O-])C(F)F.[N-]=[N+]=NCCOCC[NH3+]. The molecule has 0 radical (unpaired) electrons. The largest absolute Gasteiger partial charge is 0.544 e. The van der Waals surface area contributed by atoms with Crippen LogP contribution in [0.15, 0.2) is 70.9 Å². The van der Waals surface area contributed by atoms with E-state index < -0.39 is 60.7 Å². The summed E-state index contributed by atoms with van der Waals surface area (Å²) in [6.45, 7) is 8.05. The Kier molecular flexibility index (Phi) is 41.2. The maximum Gasteiger partial charge on any atom is 0.415 e. The summed E-state index contributed by atoms with van der Waals surface area (Å²) >= 11 is 0. The summed E-state index contributed by atoms with van der Waals surface area (Å²) in [5.74, 6) is -4.69. The molecule has 1 aliphatic rings. The molecule has 5 amide bonds. The Bertz CT molecular complexity index is 2040. The molecule has 8 N–H and O–H groups in total. The van der Waals surface area contributed by atoms with E-state index in [0.717, 1.165) is 17.7 Å². The number of carboxylic acid groups (broad SMARTS) is 1. The number of hydrogen-bond donors (Lipinski definition) is 6. The molecule has 404 valence electrons. The minimum atomic E-state index is -3.34. The van der Waals surface area contributed by atoms with Gasteiger partial charge in [-0.1, -0.05) is 70.9 Å². The lowest BCUT2D eigenvalue weighted by Crippen LogP contribution is -2.52. The van der Waals surface area contributed by atoms with Gasteiger partial charge in [0.05, 0.1) is 33.0 Å². The first kappa shape index (κ1) is 66.9. The number of carboxylic acids is 1. The van der Waals surface area contributed by atoms with Crippen LogP contribution < -0.4 is 37.4 Å². The van der Waals surface area contributed by atoms with Gasteiger partial charge in [0.1, 0.15) is 31.3 Å². The number of esters is 3. The number of aliphatic carboxylic acids is 1. The molecule has 1 aliphatic heterocycles. The van der Waals surface area contributed by atoms with Gasteiger partial charge in [0.15, 0.2) is 0 Å². The smallest absolute Gasteiger partial charge is 0.415 e. The molecular weight excluding hydrogens is 979 g/mol. The minimum Gasteiger partial charge on any atom is -0.544 e. The summed E-state index contributed by atoms with van der Waals surface area (Å²) < 4.78 is 49.6. The van der Waals surface area contributed by atoms with Crippen LogP contribution in [0.2, 0.25) is 0 Å². The molecule has 2 aromatic rings. The average Bonchev–Trinajstić information content (AvgIpc) is 3.68. The Labute approximate surface area is 417 Å². The molecule has 0 aromatic heterocycles. The van der Waals surface area contributed by atoms with Gasteiger partial charge in [0.25, 0.3) is 6.43 Å². The van der Waals surface area contributed by atoms with Crippen LogP contribution >= 0.6 is 0 Å². The number of rotatable bonds is 26. The lowest BCUT2D eigenvalue weighted by atomic mass is 10.1. The highest BCUT2D eigenvalue weighted by Gasteiger charge is 2.31. The number of alkyl carbamates (subject to hydrolysis) is 3. The van der Waals surface area contributed by atoms with E-state index in [9.17, 15) is 47.1 Å². The lowest BCUT2D eigenvalue weighted by Gasteiger charge is -2.17. The first-order valence-corrected chi connectivity index (χ1v) is 22.0. The Balaban J connectivity index is 0. The van der Waals surface area contributed by atoms with Crippen molar-refractivity contribution >= 4 is 54.0 Å². The van der Waals surface area contributed by atoms with Gasteiger partial charge in [0, 0.05) is 63.3 Å². The summed E-state index contributed by atoms with van der Waals surface area (Å²) in [6, 6.07) is 17.3. The number of carbonyl (C=O) groups is 9. The number of amides is 5. The monoisotopic (exact) mass is 1040 g/mol. The van der Waals surface area contributed by atoms with Gasteiger partial charge in [-0.2, -0.15) is 0 Å². The Morgan fingerprint density at radius 2 is 1.23 bits per heavy atom. The zero-order valence-electron chi connectivity index (χ0n) is 40.5. The van der Waals surface area contributed by atoms with Crippen molar-refractivity contribution in [2.24, 2.45) is 10.2 Å². The number of nitrogens with zero attached hydrogens (tertiary/aromatic N) is 6. The topological polar surface area (TPSA) is 417 Å². The number of halogens is 2. The van der Waals surface area contributed by atoms with Crippen molar-refractivity contribution in [1.29, 1.82) is 0 Å². The van der Waals surface area contributed by atoms with Crippen molar-refractivity contribution in [3.05, 3.63) is 92.7 Å². The predicted octanol–water partition coefficient (Wildman–Crippen LogP) is 1.62. The second kappa shape index (κ2) is 45.0. The van der Waals surface area contributed by atoms with Gasteiger partial charge in [-0.15, -0.1) is 0 Å². The Hall–Kier alpha value is -8.17. The molecule has 1 saturated heterocycles. The summed E-state index contributed by atoms with van der Waals surface area (Å²) in [5.41, 5.74) is 21.3. The summed E-state index contributed by atoms with van der Waals surface area (Å²) in [5, 5.41) is 28.3. The molecule has 28 nitrogen and oxygen atoms in total. The first-order valence-electron chi connectivity index (χ1n) is 22.0. The number of cyclic esters (lactones) is 2.